The normalized spacial score (nSPS) is 10.5. The number of para-hydroxylation sites is 2. The van der Waals surface area contributed by atoms with Crippen LogP contribution in [0.25, 0.3) is 10.9 Å². The van der Waals surface area contributed by atoms with E-state index in [0.29, 0.717) is 24.4 Å². The summed E-state index contributed by atoms with van der Waals surface area (Å²) in [4.78, 5) is 24.1. The molecule has 0 atom stereocenters. The van der Waals surface area contributed by atoms with Gasteiger partial charge in [-0.05, 0) is 18.2 Å². The fraction of sp³-hybridized carbons (Fsp3) is 0.200. The molecule has 6 nitrogen and oxygen atoms in total. The van der Waals surface area contributed by atoms with Crippen molar-refractivity contribution in [3.05, 3.63) is 66.4 Å². The highest BCUT2D eigenvalue weighted by Crippen LogP contribution is 2.19. The van der Waals surface area contributed by atoms with Crippen LogP contribution in [-0.4, -0.2) is 36.1 Å². The molecule has 2 N–H and O–H groups in total. The number of aryl methyl sites for hydroxylation is 1. The van der Waals surface area contributed by atoms with Crippen molar-refractivity contribution in [3.63, 3.8) is 0 Å². The van der Waals surface area contributed by atoms with E-state index in [9.17, 15) is 9.59 Å². The van der Waals surface area contributed by atoms with Gasteiger partial charge in [0.05, 0.1) is 5.56 Å². The molecule has 0 aliphatic carbocycles. The summed E-state index contributed by atoms with van der Waals surface area (Å²) in [6.45, 7) is 0.633. The Morgan fingerprint density at radius 2 is 1.65 bits per heavy atom. The molecular weight excluding hydrogens is 330 g/mol. The van der Waals surface area contributed by atoms with Crippen LogP contribution in [-0.2, 0) is 11.8 Å². The molecule has 26 heavy (non-hydrogen) atoms. The molecule has 1 heterocycles. The molecule has 3 aromatic rings. The van der Waals surface area contributed by atoms with Crippen LogP contribution in [0.3, 0.4) is 0 Å². The first kappa shape index (κ1) is 17.5. The van der Waals surface area contributed by atoms with Crippen LogP contribution in [0.15, 0.2) is 60.8 Å². The highest BCUT2D eigenvalue weighted by Gasteiger charge is 2.13. The highest BCUT2D eigenvalue weighted by molar-refractivity contribution is 6.06. The van der Waals surface area contributed by atoms with E-state index in [1.165, 1.54) is 0 Å². The number of nitrogens with zero attached hydrogens (tertiary/aromatic N) is 1. The van der Waals surface area contributed by atoms with Crippen molar-refractivity contribution >= 4 is 22.7 Å². The van der Waals surface area contributed by atoms with Gasteiger partial charge in [-0.2, -0.15) is 0 Å². The highest BCUT2D eigenvalue weighted by atomic mass is 16.5. The number of fused-ring (bicyclic) bond motifs is 1. The fourth-order valence-corrected chi connectivity index (χ4v) is 2.71. The Balaban J connectivity index is 1.43. The minimum Gasteiger partial charge on any atom is -0.484 e. The molecule has 0 aliphatic rings. The van der Waals surface area contributed by atoms with E-state index in [1.54, 1.807) is 12.1 Å². The summed E-state index contributed by atoms with van der Waals surface area (Å²) in [6, 6.07) is 16.9. The molecule has 0 unspecified atom stereocenters. The quantitative estimate of drug-likeness (QED) is 0.641. The maximum Gasteiger partial charge on any atom is 0.258 e. The van der Waals surface area contributed by atoms with Crippen molar-refractivity contribution in [2.24, 2.45) is 7.05 Å². The second-order valence-corrected chi connectivity index (χ2v) is 5.88. The summed E-state index contributed by atoms with van der Waals surface area (Å²) >= 11 is 0. The monoisotopic (exact) mass is 351 g/mol. The lowest BCUT2D eigenvalue weighted by atomic mass is 10.1. The van der Waals surface area contributed by atoms with Gasteiger partial charge in [0.15, 0.2) is 6.61 Å². The zero-order valence-corrected chi connectivity index (χ0v) is 14.6. The summed E-state index contributed by atoms with van der Waals surface area (Å²) in [5, 5.41) is 6.45. The molecule has 6 heteroatoms. The zero-order chi connectivity index (χ0) is 18.4. The SMILES string of the molecule is Cn1cc(C(=O)NCCNC(=O)COc2ccccc2)c2ccccc21. The van der Waals surface area contributed by atoms with Gasteiger partial charge in [0.25, 0.3) is 11.8 Å². The van der Waals surface area contributed by atoms with Gasteiger partial charge < -0.3 is 19.9 Å². The molecule has 1 aromatic heterocycles. The predicted octanol–water partition coefficient (Wildman–Crippen LogP) is 2.10. The maximum atomic E-state index is 12.4. The van der Waals surface area contributed by atoms with Gasteiger partial charge >= 0.3 is 0 Å². The lowest BCUT2D eigenvalue weighted by molar-refractivity contribution is -0.123. The van der Waals surface area contributed by atoms with Crippen molar-refractivity contribution in [1.29, 1.82) is 0 Å². The van der Waals surface area contributed by atoms with E-state index in [-0.39, 0.29) is 18.4 Å². The van der Waals surface area contributed by atoms with Gasteiger partial charge in [0, 0.05) is 37.2 Å². The Morgan fingerprint density at radius 3 is 2.46 bits per heavy atom. The topological polar surface area (TPSA) is 72.4 Å². The van der Waals surface area contributed by atoms with Crippen LogP contribution >= 0.6 is 0 Å². The molecule has 3 rings (SSSR count). The lowest BCUT2D eigenvalue weighted by Crippen LogP contribution is -2.36. The summed E-state index contributed by atoms with van der Waals surface area (Å²) < 4.78 is 7.29. The first-order valence-corrected chi connectivity index (χ1v) is 8.42. The molecule has 0 aliphatic heterocycles. The van der Waals surface area contributed by atoms with Crippen molar-refractivity contribution in [2.75, 3.05) is 19.7 Å². The number of hydrogen-bond acceptors (Lipinski definition) is 3. The minimum absolute atomic E-state index is 0.0543. The predicted molar refractivity (Wildman–Crippen MR) is 100 cm³/mol. The number of benzene rings is 2. The van der Waals surface area contributed by atoms with Crippen molar-refractivity contribution < 1.29 is 14.3 Å². The van der Waals surface area contributed by atoms with Gasteiger partial charge in [-0.1, -0.05) is 36.4 Å². The van der Waals surface area contributed by atoms with Crippen molar-refractivity contribution in [2.45, 2.75) is 0 Å². The largest absolute Gasteiger partial charge is 0.484 e. The number of carbonyl (C=O) groups is 2. The number of aromatic nitrogens is 1. The molecule has 2 aromatic carbocycles. The number of amides is 2. The molecule has 0 bridgehead atoms. The first-order chi connectivity index (χ1) is 12.6. The van der Waals surface area contributed by atoms with Gasteiger partial charge in [-0.3, -0.25) is 9.59 Å². The van der Waals surface area contributed by atoms with E-state index >= 15 is 0 Å². The third-order valence-electron chi connectivity index (χ3n) is 3.99. The third kappa shape index (κ3) is 4.22. The third-order valence-corrected chi connectivity index (χ3v) is 3.99. The number of carbonyl (C=O) groups excluding carboxylic acids is 2. The summed E-state index contributed by atoms with van der Waals surface area (Å²) in [7, 11) is 1.91. The van der Waals surface area contributed by atoms with Crippen molar-refractivity contribution in [1.82, 2.24) is 15.2 Å². The fourth-order valence-electron chi connectivity index (χ4n) is 2.71. The van der Waals surface area contributed by atoms with Crippen molar-refractivity contribution in [3.8, 4) is 5.75 Å². The summed E-state index contributed by atoms with van der Waals surface area (Å²) in [5.41, 5.74) is 1.63. The average Bonchev–Trinajstić information content (AvgIpc) is 3.01. The second kappa shape index (κ2) is 8.20. The smallest absolute Gasteiger partial charge is 0.258 e. The maximum absolute atomic E-state index is 12.4. The zero-order valence-electron chi connectivity index (χ0n) is 14.6. The van der Waals surface area contributed by atoms with E-state index in [4.69, 9.17) is 4.74 Å². The standard InChI is InChI=1S/C20H21N3O3/c1-23-13-17(16-9-5-6-10-18(16)23)20(25)22-12-11-21-19(24)14-26-15-7-3-2-4-8-15/h2-10,13H,11-12,14H2,1H3,(H,21,24)(H,22,25). The molecule has 2 amide bonds. The first-order valence-electron chi connectivity index (χ1n) is 8.42. The molecule has 0 spiro atoms. The molecular formula is C20H21N3O3. The van der Waals surface area contributed by atoms with E-state index < -0.39 is 0 Å². The van der Waals surface area contributed by atoms with Crippen LogP contribution in [0.1, 0.15) is 10.4 Å². The lowest BCUT2D eigenvalue weighted by Gasteiger charge is -2.08. The molecule has 0 saturated heterocycles. The number of ether oxygens (including phenoxy) is 1. The number of rotatable bonds is 7. The van der Waals surface area contributed by atoms with Gasteiger partial charge in [-0.15, -0.1) is 0 Å². The summed E-state index contributed by atoms with van der Waals surface area (Å²) in [5.74, 6) is 0.261. The summed E-state index contributed by atoms with van der Waals surface area (Å²) in [6.07, 6.45) is 1.81. The average molecular weight is 351 g/mol. The van der Waals surface area contributed by atoms with E-state index in [1.807, 2.05) is 60.3 Å². The van der Waals surface area contributed by atoms with Gasteiger partial charge in [0.2, 0.25) is 0 Å². The van der Waals surface area contributed by atoms with E-state index in [2.05, 4.69) is 10.6 Å². The molecule has 0 fully saturated rings. The van der Waals surface area contributed by atoms with E-state index in [0.717, 1.165) is 10.9 Å². The van der Waals surface area contributed by atoms with Gasteiger partial charge in [-0.25, -0.2) is 0 Å². The second-order valence-electron chi connectivity index (χ2n) is 5.88. The van der Waals surface area contributed by atoms with Crippen LogP contribution in [0.4, 0.5) is 0 Å². The Kier molecular flexibility index (Phi) is 5.53. The van der Waals surface area contributed by atoms with Gasteiger partial charge in [0.1, 0.15) is 5.75 Å². The molecule has 134 valence electrons. The number of hydrogen-bond donors (Lipinski definition) is 2. The minimum atomic E-state index is -0.228. The Labute approximate surface area is 151 Å². The molecule has 0 saturated carbocycles. The Morgan fingerprint density at radius 1 is 0.962 bits per heavy atom. The van der Waals surface area contributed by atoms with Crippen LogP contribution in [0.2, 0.25) is 0 Å². The Hall–Kier alpha value is -3.28. The number of nitrogens with one attached hydrogen (secondary N) is 2. The van der Waals surface area contributed by atoms with Crippen LogP contribution < -0.4 is 15.4 Å². The van der Waals surface area contributed by atoms with Crippen LogP contribution in [0.5, 0.6) is 5.75 Å². The molecule has 0 radical (unpaired) electrons. The Bertz CT molecular complexity index is 903. The van der Waals surface area contributed by atoms with Crippen LogP contribution in [0, 0.1) is 0 Å².